The molecule has 0 saturated heterocycles. The van der Waals surface area contributed by atoms with Gasteiger partial charge in [-0.05, 0) is 30.0 Å². The van der Waals surface area contributed by atoms with Crippen molar-refractivity contribution in [2.45, 2.75) is 39.2 Å². The molecule has 1 atom stereocenters. The summed E-state index contributed by atoms with van der Waals surface area (Å²) < 4.78 is 0. The molecule has 0 unspecified atom stereocenters. The van der Waals surface area contributed by atoms with Crippen LogP contribution in [0.15, 0.2) is 18.2 Å². The van der Waals surface area contributed by atoms with Crippen LogP contribution < -0.4 is 0 Å². The molecule has 1 aromatic rings. The number of halogens is 1. The van der Waals surface area contributed by atoms with Crippen molar-refractivity contribution in [1.82, 2.24) is 0 Å². The summed E-state index contributed by atoms with van der Waals surface area (Å²) in [5.74, 6) is 0. The lowest BCUT2D eigenvalue weighted by Gasteiger charge is -2.11. The van der Waals surface area contributed by atoms with Crippen molar-refractivity contribution in [3.05, 3.63) is 34.3 Å². The van der Waals surface area contributed by atoms with Gasteiger partial charge in [0.2, 0.25) is 0 Å². The van der Waals surface area contributed by atoms with Gasteiger partial charge in [0.1, 0.15) is 0 Å². The normalized spacial score (nSPS) is 12.9. The average molecular weight is 213 g/mol. The number of hydrogen-bond acceptors (Lipinski definition) is 1. The van der Waals surface area contributed by atoms with E-state index in [0.717, 1.165) is 35.4 Å². The zero-order valence-corrected chi connectivity index (χ0v) is 9.51. The van der Waals surface area contributed by atoms with Crippen LogP contribution in [-0.2, 0) is 6.42 Å². The Hall–Kier alpha value is -0.530. The maximum atomic E-state index is 9.79. The van der Waals surface area contributed by atoms with Gasteiger partial charge < -0.3 is 5.11 Å². The van der Waals surface area contributed by atoms with Crippen molar-refractivity contribution in [3.8, 4) is 0 Å². The molecular formula is C12H17ClO. The van der Waals surface area contributed by atoms with Gasteiger partial charge in [-0.3, -0.25) is 0 Å². The Morgan fingerprint density at radius 2 is 2.07 bits per heavy atom. The molecule has 14 heavy (non-hydrogen) atoms. The van der Waals surface area contributed by atoms with Crippen LogP contribution in [0.25, 0.3) is 0 Å². The molecule has 0 amide bonds. The fourth-order valence-corrected chi connectivity index (χ4v) is 1.76. The highest BCUT2D eigenvalue weighted by Crippen LogP contribution is 2.24. The first-order valence-electron chi connectivity index (χ1n) is 5.15. The summed E-state index contributed by atoms with van der Waals surface area (Å²) in [7, 11) is 0. The molecule has 78 valence electrons. The molecule has 1 N–H and O–H groups in total. The third-order valence-corrected chi connectivity index (χ3v) is 2.77. The van der Waals surface area contributed by atoms with E-state index in [1.807, 2.05) is 18.2 Å². The third-order valence-electron chi connectivity index (χ3n) is 2.40. The quantitative estimate of drug-likeness (QED) is 0.806. The van der Waals surface area contributed by atoms with Gasteiger partial charge in [0, 0.05) is 5.02 Å². The molecule has 0 bridgehead atoms. The lowest BCUT2D eigenvalue weighted by atomic mass is 10.0. The minimum absolute atomic E-state index is 0.345. The summed E-state index contributed by atoms with van der Waals surface area (Å²) >= 11 is 6.00. The van der Waals surface area contributed by atoms with Gasteiger partial charge in [-0.25, -0.2) is 0 Å². The average Bonchev–Trinajstić information content (AvgIpc) is 2.19. The van der Waals surface area contributed by atoms with E-state index in [-0.39, 0.29) is 6.10 Å². The smallest absolute Gasteiger partial charge is 0.0790 e. The minimum atomic E-state index is -0.345. The fraction of sp³-hybridized carbons (Fsp3) is 0.500. The number of aliphatic hydroxyl groups is 1. The lowest BCUT2D eigenvalue weighted by molar-refractivity contribution is 0.166. The molecule has 1 rings (SSSR count). The van der Waals surface area contributed by atoms with Gasteiger partial charge >= 0.3 is 0 Å². The van der Waals surface area contributed by atoms with Crippen LogP contribution in [0.3, 0.4) is 0 Å². The number of aryl methyl sites for hydroxylation is 1. The Morgan fingerprint density at radius 1 is 1.36 bits per heavy atom. The summed E-state index contributed by atoms with van der Waals surface area (Å²) in [6.45, 7) is 4.14. The zero-order chi connectivity index (χ0) is 10.6. The summed E-state index contributed by atoms with van der Waals surface area (Å²) in [4.78, 5) is 0. The van der Waals surface area contributed by atoms with Crippen LogP contribution in [0.1, 0.15) is 43.9 Å². The SMILES string of the molecule is CCC[C@H](O)c1ccc(Cl)c(CC)c1. The lowest BCUT2D eigenvalue weighted by Crippen LogP contribution is -1.97. The van der Waals surface area contributed by atoms with E-state index in [9.17, 15) is 5.11 Å². The van der Waals surface area contributed by atoms with E-state index in [2.05, 4.69) is 13.8 Å². The van der Waals surface area contributed by atoms with Crippen molar-refractivity contribution in [2.24, 2.45) is 0 Å². The molecular weight excluding hydrogens is 196 g/mol. The summed E-state index contributed by atoms with van der Waals surface area (Å²) in [6.07, 6.45) is 2.37. The number of rotatable bonds is 4. The summed E-state index contributed by atoms with van der Waals surface area (Å²) in [6, 6.07) is 5.78. The summed E-state index contributed by atoms with van der Waals surface area (Å²) in [5, 5.41) is 10.6. The van der Waals surface area contributed by atoms with Crippen LogP contribution in [0.4, 0.5) is 0 Å². The van der Waals surface area contributed by atoms with Gasteiger partial charge in [0.25, 0.3) is 0 Å². The van der Waals surface area contributed by atoms with Gasteiger partial charge in [-0.15, -0.1) is 0 Å². The second-order valence-corrected chi connectivity index (χ2v) is 3.92. The highest BCUT2D eigenvalue weighted by molar-refractivity contribution is 6.31. The van der Waals surface area contributed by atoms with Crippen molar-refractivity contribution in [1.29, 1.82) is 0 Å². The molecule has 0 aliphatic rings. The van der Waals surface area contributed by atoms with Crippen LogP contribution in [0.2, 0.25) is 5.02 Å². The maximum Gasteiger partial charge on any atom is 0.0790 e. The van der Waals surface area contributed by atoms with Gasteiger partial charge in [-0.2, -0.15) is 0 Å². The Kier molecular flexibility index (Phi) is 4.43. The van der Waals surface area contributed by atoms with E-state index in [4.69, 9.17) is 11.6 Å². The van der Waals surface area contributed by atoms with Crippen molar-refractivity contribution in [3.63, 3.8) is 0 Å². The molecule has 0 radical (unpaired) electrons. The number of benzene rings is 1. The van der Waals surface area contributed by atoms with Crippen LogP contribution in [0, 0.1) is 0 Å². The molecule has 0 fully saturated rings. The second kappa shape index (κ2) is 5.38. The van der Waals surface area contributed by atoms with Crippen LogP contribution in [-0.4, -0.2) is 5.11 Å². The summed E-state index contributed by atoms with van der Waals surface area (Å²) in [5.41, 5.74) is 2.09. The molecule has 1 aromatic carbocycles. The van der Waals surface area contributed by atoms with Gasteiger partial charge in [0.15, 0.2) is 0 Å². The molecule has 0 saturated carbocycles. The molecule has 1 nitrogen and oxygen atoms in total. The van der Waals surface area contributed by atoms with Crippen LogP contribution in [0.5, 0.6) is 0 Å². The first kappa shape index (κ1) is 11.5. The topological polar surface area (TPSA) is 20.2 Å². The van der Waals surface area contributed by atoms with Gasteiger partial charge in [0.05, 0.1) is 6.10 Å². The van der Waals surface area contributed by atoms with E-state index in [1.54, 1.807) is 0 Å². The Bertz CT molecular complexity index is 296. The molecule has 0 heterocycles. The Morgan fingerprint density at radius 3 is 2.64 bits per heavy atom. The van der Waals surface area contributed by atoms with Crippen molar-refractivity contribution >= 4 is 11.6 Å². The van der Waals surface area contributed by atoms with Crippen molar-refractivity contribution in [2.75, 3.05) is 0 Å². The second-order valence-electron chi connectivity index (χ2n) is 3.51. The van der Waals surface area contributed by atoms with Gasteiger partial charge in [-0.1, -0.05) is 44.0 Å². The maximum absolute atomic E-state index is 9.79. The van der Waals surface area contributed by atoms with Crippen LogP contribution >= 0.6 is 11.6 Å². The van der Waals surface area contributed by atoms with Crippen molar-refractivity contribution < 1.29 is 5.11 Å². The van der Waals surface area contributed by atoms with E-state index < -0.39 is 0 Å². The molecule has 0 aliphatic carbocycles. The largest absolute Gasteiger partial charge is 0.388 e. The standard InChI is InChI=1S/C12H17ClO/c1-3-5-12(14)10-6-7-11(13)9(4-2)8-10/h6-8,12,14H,3-5H2,1-2H3/t12-/m0/s1. The minimum Gasteiger partial charge on any atom is -0.388 e. The molecule has 0 spiro atoms. The Balaban J connectivity index is 2.88. The molecule has 0 aromatic heterocycles. The van der Waals surface area contributed by atoms with E-state index in [0.29, 0.717) is 0 Å². The monoisotopic (exact) mass is 212 g/mol. The highest BCUT2D eigenvalue weighted by Gasteiger charge is 2.08. The first-order valence-corrected chi connectivity index (χ1v) is 5.53. The zero-order valence-electron chi connectivity index (χ0n) is 8.76. The fourth-order valence-electron chi connectivity index (χ4n) is 1.51. The number of aliphatic hydroxyl groups excluding tert-OH is 1. The Labute approximate surface area is 90.7 Å². The van der Waals surface area contributed by atoms with E-state index >= 15 is 0 Å². The molecule has 2 heteroatoms. The third kappa shape index (κ3) is 2.73. The predicted octanol–water partition coefficient (Wildman–Crippen LogP) is 3.74. The van der Waals surface area contributed by atoms with E-state index in [1.165, 1.54) is 0 Å². The first-order chi connectivity index (χ1) is 6.69. The number of hydrogen-bond donors (Lipinski definition) is 1. The highest BCUT2D eigenvalue weighted by atomic mass is 35.5. The molecule has 0 aliphatic heterocycles. The predicted molar refractivity (Wildman–Crippen MR) is 60.7 cm³/mol.